The fourth-order valence-electron chi connectivity index (χ4n) is 4.88. The highest BCUT2D eigenvalue weighted by Crippen LogP contribution is 2.34. The van der Waals surface area contributed by atoms with E-state index in [0.717, 1.165) is 24.0 Å². The first-order valence-corrected chi connectivity index (χ1v) is 14.7. The van der Waals surface area contributed by atoms with Crippen molar-refractivity contribution in [3.8, 4) is 34.1 Å². The standard InChI is InChI=1S/C35H31F2N7O3/c1-43(2)16-17-47-27-9-5-8-25(20-27)39-35-38-14-12-30(41-35)33-32(42-31-21-26(46-3)13-15-44(31)33)22-6-4-7-23(18-22)34(45)40-29-11-10-24(36)19-28(29)37/h4-15,18-21H,16-17H2,1-3H3,(H,40,45)(H,38,39,41). The van der Waals surface area contributed by atoms with E-state index in [-0.39, 0.29) is 11.3 Å². The van der Waals surface area contributed by atoms with Crippen molar-refractivity contribution in [3.05, 3.63) is 115 Å². The number of anilines is 3. The molecular weight excluding hydrogens is 604 g/mol. The zero-order valence-electron chi connectivity index (χ0n) is 25.9. The van der Waals surface area contributed by atoms with Crippen LogP contribution in [0.5, 0.6) is 11.5 Å². The van der Waals surface area contributed by atoms with Crippen LogP contribution in [0.4, 0.5) is 26.1 Å². The average molecular weight is 636 g/mol. The maximum atomic E-state index is 14.3. The van der Waals surface area contributed by atoms with E-state index >= 15 is 0 Å². The number of pyridine rings is 1. The van der Waals surface area contributed by atoms with E-state index in [1.54, 1.807) is 43.6 Å². The minimum Gasteiger partial charge on any atom is -0.497 e. The first kappa shape index (κ1) is 31.1. The monoisotopic (exact) mass is 635 g/mol. The summed E-state index contributed by atoms with van der Waals surface area (Å²) in [5.41, 5.74) is 3.84. The fourth-order valence-corrected chi connectivity index (χ4v) is 4.88. The Morgan fingerprint density at radius 3 is 2.60 bits per heavy atom. The Labute approximate surface area is 269 Å². The Bertz CT molecular complexity index is 2070. The molecule has 3 aromatic heterocycles. The zero-order valence-corrected chi connectivity index (χ0v) is 25.9. The van der Waals surface area contributed by atoms with E-state index in [0.29, 0.717) is 52.7 Å². The molecule has 0 aliphatic rings. The minimum absolute atomic E-state index is 0.131. The summed E-state index contributed by atoms with van der Waals surface area (Å²) in [6.45, 7) is 1.34. The predicted octanol–water partition coefficient (Wildman–Crippen LogP) is 6.68. The van der Waals surface area contributed by atoms with Crippen LogP contribution in [-0.2, 0) is 0 Å². The van der Waals surface area contributed by atoms with E-state index in [1.165, 1.54) is 6.07 Å². The molecule has 0 fully saturated rings. The topological polar surface area (TPSA) is 106 Å². The quantitative estimate of drug-likeness (QED) is 0.162. The number of ether oxygens (including phenoxy) is 2. The third-order valence-electron chi connectivity index (χ3n) is 7.21. The van der Waals surface area contributed by atoms with Crippen molar-refractivity contribution in [3.63, 3.8) is 0 Å². The number of hydrogen-bond acceptors (Lipinski definition) is 8. The van der Waals surface area contributed by atoms with Gasteiger partial charge in [0.25, 0.3) is 5.91 Å². The summed E-state index contributed by atoms with van der Waals surface area (Å²) in [6, 6.07) is 22.7. The van der Waals surface area contributed by atoms with Crippen LogP contribution in [0.3, 0.4) is 0 Å². The lowest BCUT2D eigenvalue weighted by Crippen LogP contribution is -2.19. The van der Waals surface area contributed by atoms with E-state index in [9.17, 15) is 13.6 Å². The number of amides is 1. The van der Waals surface area contributed by atoms with Gasteiger partial charge in [0.15, 0.2) is 0 Å². The van der Waals surface area contributed by atoms with Crippen molar-refractivity contribution in [2.24, 2.45) is 0 Å². The van der Waals surface area contributed by atoms with Gasteiger partial charge in [-0.1, -0.05) is 18.2 Å². The SMILES string of the molecule is COc1ccn2c(-c3ccnc(Nc4cccc(OCCN(C)C)c4)n3)c(-c3cccc(C(=O)Nc4ccc(F)cc4F)c3)nc2c1. The van der Waals surface area contributed by atoms with Crippen LogP contribution >= 0.6 is 0 Å². The number of nitrogens with zero attached hydrogens (tertiary/aromatic N) is 5. The highest BCUT2D eigenvalue weighted by molar-refractivity contribution is 6.05. The Morgan fingerprint density at radius 2 is 1.79 bits per heavy atom. The fraction of sp³-hybridized carbons (Fsp3) is 0.143. The number of carbonyl (C=O) groups is 1. The highest BCUT2D eigenvalue weighted by Gasteiger charge is 2.20. The first-order valence-electron chi connectivity index (χ1n) is 14.7. The summed E-state index contributed by atoms with van der Waals surface area (Å²) < 4.78 is 40.8. The van der Waals surface area contributed by atoms with E-state index in [2.05, 4.69) is 15.6 Å². The average Bonchev–Trinajstić information content (AvgIpc) is 3.45. The second-order valence-electron chi connectivity index (χ2n) is 10.8. The normalized spacial score (nSPS) is 11.1. The molecule has 0 bridgehead atoms. The van der Waals surface area contributed by atoms with Gasteiger partial charge in [-0.25, -0.2) is 23.7 Å². The van der Waals surface area contributed by atoms with Gasteiger partial charge in [-0.05, 0) is 62.6 Å². The highest BCUT2D eigenvalue weighted by atomic mass is 19.1. The summed E-state index contributed by atoms with van der Waals surface area (Å²) in [5, 5.41) is 5.77. The molecule has 238 valence electrons. The van der Waals surface area contributed by atoms with Gasteiger partial charge < -0.3 is 25.0 Å². The van der Waals surface area contributed by atoms with Crippen LogP contribution in [0.25, 0.3) is 28.3 Å². The third-order valence-corrected chi connectivity index (χ3v) is 7.21. The van der Waals surface area contributed by atoms with Crippen LogP contribution in [-0.4, -0.2) is 64.5 Å². The number of nitrogens with one attached hydrogen (secondary N) is 2. The summed E-state index contributed by atoms with van der Waals surface area (Å²) in [7, 11) is 5.56. The van der Waals surface area contributed by atoms with Gasteiger partial charge >= 0.3 is 0 Å². The second-order valence-corrected chi connectivity index (χ2v) is 10.8. The number of hydrogen-bond donors (Lipinski definition) is 2. The number of halogens is 2. The molecule has 0 aliphatic carbocycles. The molecular formula is C35H31F2N7O3. The molecule has 12 heteroatoms. The molecule has 47 heavy (non-hydrogen) atoms. The van der Waals surface area contributed by atoms with Gasteiger partial charge in [-0.3, -0.25) is 9.20 Å². The number of rotatable bonds is 11. The number of imidazole rings is 1. The van der Waals surface area contributed by atoms with Crippen molar-refractivity contribution in [1.82, 2.24) is 24.3 Å². The van der Waals surface area contributed by atoms with E-state index in [4.69, 9.17) is 19.4 Å². The number of likely N-dealkylation sites (N-methyl/N-ethyl adjacent to an activating group) is 1. The van der Waals surface area contributed by atoms with E-state index < -0.39 is 17.5 Å². The molecule has 6 rings (SSSR count). The molecule has 2 N–H and O–H groups in total. The third kappa shape index (κ3) is 7.18. The molecule has 3 aromatic carbocycles. The van der Waals surface area contributed by atoms with Crippen LogP contribution in [0, 0.1) is 11.6 Å². The first-order chi connectivity index (χ1) is 22.8. The lowest BCUT2D eigenvalue weighted by atomic mass is 10.0. The van der Waals surface area contributed by atoms with Crippen molar-refractivity contribution in [2.45, 2.75) is 0 Å². The largest absolute Gasteiger partial charge is 0.497 e. The van der Waals surface area contributed by atoms with Gasteiger partial charge in [0.05, 0.1) is 29.9 Å². The van der Waals surface area contributed by atoms with Crippen LogP contribution in [0.1, 0.15) is 10.4 Å². The Morgan fingerprint density at radius 1 is 0.936 bits per heavy atom. The molecule has 0 unspecified atom stereocenters. The summed E-state index contributed by atoms with van der Waals surface area (Å²) in [6.07, 6.45) is 3.48. The molecule has 0 atom stereocenters. The van der Waals surface area contributed by atoms with Crippen LogP contribution in [0.2, 0.25) is 0 Å². The number of carbonyl (C=O) groups excluding carboxylic acids is 1. The van der Waals surface area contributed by atoms with Gasteiger partial charge in [0, 0.05) is 54.0 Å². The van der Waals surface area contributed by atoms with Crippen LogP contribution in [0.15, 0.2) is 97.3 Å². The molecule has 0 saturated carbocycles. The maximum absolute atomic E-state index is 14.3. The second kappa shape index (κ2) is 13.6. The number of benzene rings is 3. The minimum atomic E-state index is -0.872. The molecule has 0 radical (unpaired) electrons. The number of fused-ring (bicyclic) bond motifs is 1. The van der Waals surface area contributed by atoms with Crippen molar-refractivity contribution in [1.29, 1.82) is 0 Å². The van der Waals surface area contributed by atoms with Crippen molar-refractivity contribution < 1.29 is 23.0 Å². The molecule has 0 saturated heterocycles. The van der Waals surface area contributed by atoms with Gasteiger partial charge in [0.2, 0.25) is 5.95 Å². The molecule has 3 heterocycles. The molecule has 0 aliphatic heterocycles. The number of aromatic nitrogens is 4. The van der Waals surface area contributed by atoms with E-state index in [1.807, 2.05) is 66.0 Å². The Hall–Kier alpha value is -5.88. The zero-order chi connectivity index (χ0) is 32.9. The Kier molecular flexibility index (Phi) is 9.02. The van der Waals surface area contributed by atoms with Gasteiger partial charge in [-0.2, -0.15) is 0 Å². The summed E-state index contributed by atoms with van der Waals surface area (Å²) in [5.74, 6) is -0.477. The van der Waals surface area contributed by atoms with Crippen molar-refractivity contribution >= 4 is 28.9 Å². The van der Waals surface area contributed by atoms with Gasteiger partial charge in [0.1, 0.15) is 35.4 Å². The molecule has 10 nitrogen and oxygen atoms in total. The van der Waals surface area contributed by atoms with Crippen molar-refractivity contribution in [2.75, 3.05) is 45.0 Å². The smallest absolute Gasteiger partial charge is 0.255 e. The molecule has 1 amide bonds. The summed E-state index contributed by atoms with van der Waals surface area (Å²) in [4.78, 5) is 29.3. The molecule has 0 spiro atoms. The lowest BCUT2D eigenvalue weighted by molar-refractivity contribution is 0.102. The predicted molar refractivity (Wildman–Crippen MR) is 176 cm³/mol. The Balaban J connectivity index is 1.35. The number of methoxy groups -OCH3 is 1. The van der Waals surface area contributed by atoms with Gasteiger partial charge in [-0.15, -0.1) is 0 Å². The molecule has 6 aromatic rings. The van der Waals surface area contributed by atoms with Crippen LogP contribution < -0.4 is 20.1 Å². The maximum Gasteiger partial charge on any atom is 0.255 e. The summed E-state index contributed by atoms with van der Waals surface area (Å²) >= 11 is 0. The lowest BCUT2D eigenvalue weighted by Gasteiger charge is -2.12.